The molecule has 0 fully saturated rings. The van der Waals surface area contributed by atoms with Crippen LogP contribution in [0.25, 0.3) is 16.7 Å². The lowest BCUT2D eigenvalue weighted by atomic mass is 10.1. The zero-order valence-corrected chi connectivity index (χ0v) is 18.1. The fraction of sp³-hybridized carbons (Fsp3) is 0.125. The van der Waals surface area contributed by atoms with E-state index in [2.05, 4.69) is 0 Å². The SMILES string of the molecule is CN1Cc2cc(-n3c(=O)n(Cc4cccc(C(=O)O)c4F)c4ccc(Cl)cc43)ccc2C1=O. The van der Waals surface area contributed by atoms with Gasteiger partial charge in [0.2, 0.25) is 0 Å². The average molecular weight is 466 g/mol. The Morgan fingerprint density at radius 1 is 1.09 bits per heavy atom. The van der Waals surface area contributed by atoms with Crippen molar-refractivity contribution in [3.8, 4) is 5.69 Å². The molecule has 166 valence electrons. The minimum absolute atomic E-state index is 0.0761. The number of halogens is 2. The largest absolute Gasteiger partial charge is 0.478 e. The molecule has 0 spiro atoms. The van der Waals surface area contributed by atoms with E-state index in [-0.39, 0.29) is 18.0 Å². The first-order valence-corrected chi connectivity index (χ1v) is 10.4. The third-order valence-electron chi connectivity index (χ3n) is 5.86. The molecule has 2 heterocycles. The van der Waals surface area contributed by atoms with Crippen LogP contribution in [0.5, 0.6) is 0 Å². The van der Waals surface area contributed by atoms with Crippen molar-refractivity contribution in [3.63, 3.8) is 0 Å². The van der Waals surface area contributed by atoms with Gasteiger partial charge in [-0.05, 0) is 48.0 Å². The molecule has 0 atom stereocenters. The molecule has 4 aromatic rings. The quantitative estimate of drug-likeness (QED) is 0.495. The Bertz CT molecular complexity index is 1540. The summed E-state index contributed by atoms with van der Waals surface area (Å²) in [7, 11) is 1.71. The second kappa shape index (κ2) is 7.60. The van der Waals surface area contributed by atoms with Crippen molar-refractivity contribution in [2.45, 2.75) is 13.1 Å². The monoisotopic (exact) mass is 465 g/mol. The maximum atomic E-state index is 14.8. The van der Waals surface area contributed by atoms with Gasteiger partial charge in [-0.3, -0.25) is 13.9 Å². The standard InChI is InChI=1S/C24H17ClFN3O4/c1-27-11-14-9-16(6-7-17(14)22(27)30)29-20-10-15(25)5-8-19(20)28(24(29)33)12-13-3-2-4-18(21(13)26)23(31)32/h2-10H,11-12H2,1H3,(H,31,32). The summed E-state index contributed by atoms with van der Waals surface area (Å²) in [5, 5.41) is 9.65. The predicted molar refractivity (Wildman–Crippen MR) is 121 cm³/mol. The number of fused-ring (bicyclic) bond motifs is 2. The first-order valence-electron chi connectivity index (χ1n) is 10.1. The molecule has 0 bridgehead atoms. The number of imidazole rings is 1. The smallest absolute Gasteiger partial charge is 0.338 e. The minimum Gasteiger partial charge on any atom is -0.478 e. The van der Waals surface area contributed by atoms with Gasteiger partial charge in [-0.1, -0.05) is 23.7 Å². The fourth-order valence-corrected chi connectivity index (χ4v) is 4.43. The summed E-state index contributed by atoms with van der Waals surface area (Å²) in [5.41, 5.74) is 2.14. The van der Waals surface area contributed by atoms with Crippen LogP contribution in [-0.4, -0.2) is 38.1 Å². The Morgan fingerprint density at radius 3 is 2.64 bits per heavy atom. The number of aromatic carboxylic acids is 1. The lowest BCUT2D eigenvalue weighted by molar-refractivity contribution is 0.0691. The Kier molecular flexibility index (Phi) is 4.83. The maximum absolute atomic E-state index is 14.8. The number of rotatable bonds is 4. The molecule has 0 saturated heterocycles. The number of carboxylic acids is 1. The van der Waals surface area contributed by atoms with Crippen molar-refractivity contribution < 1.29 is 19.1 Å². The summed E-state index contributed by atoms with van der Waals surface area (Å²) in [5.74, 6) is -2.34. The number of carbonyl (C=O) groups excluding carboxylic acids is 1. The molecule has 1 aliphatic rings. The van der Waals surface area contributed by atoms with Crippen LogP contribution in [0.4, 0.5) is 4.39 Å². The summed E-state index contributed by atoms with van der Waals surface area (Å²) in [6, 6.07) is 14.2. The normalized spacial score (nSPS) is 13.1. The number of benzene rings is 3. The molecular weight excluding hydrogens is 449 g/mol. The molecule has 3 aromatic carbocycles. The average Bonchev–Trinajstić information content (AvgIpc) is 3.21. The molecule has 1 amide bonds. The molecular formula is C24H17ClFN3O4. The van der Waals surface area contributed by atoms with Gasteiger partial charge in [-0.2, -0.15) is 0 Å². The lowest BCUT2D eigenvalue weighted by Crippen LogP contribution is -2.24. The molecule has 0 aliphatic carbocycles. The van der Waals surface area contributed by atoms with Gasteiger partial charge in [0.05, 0.1) is 28.8 Å². The molecule has 0 radical (unpaired) electrons. The van der Waals surface area contributed by atoms with Crippen molar-refractivity contribution in [1.29, 1.82) is 0 Å². The van der Waals surface area contributed by atoms with Gasteiger partial charge in [0.25, 0.3) is 5.91 Å². The van der Waals surface area contributed by atoms with Crippen molar-refractivity contribution in [2.24, 2.45) is 0 Å². The Hall–Kier alpha value is -3.91. The van der Waals surface area contributed by atoms with Crippen molar-refractivity contribution in [1.82, 2.24) is 14.0 Å². The van der Waals surface area contributed by atoms with Crippen molar-refractivity contribution in [3.05, 3.63) is 98.2 Å². The first-order chi connectivity index (χ1) is 15.8. The Labute approximate surface area is 191 Å². The molecule has 1 aliphatic heterocycles. The zero-order valence-electron chi connectivity index (χ0n) is 17.4. The van der Waals surface area contributed by atoms with E-state index in [1.807, 2.05) is 0 Å². The van der Waals surface area contributed by atoms with Crippen molar-refractivity contribution in [2.75, 3.05) is 7.05 Å². The highest BCUT2D eigenvalue weighted by atomic mass is 35.5. The van der Waals surface area contributed by atoms with E-state index in [4.69, 9.17) is 11.6 Å². The van der Waals surface area contributed by atoms with E-state index >= 15 is 0 Å². The van der Waals surface area contributed by atoms with Gasteiger partial charge in [0.15, 0.2) is 0 Å². The van der Waals surface area contributed by atoms with Gasteiger partial charge in [-0.15, -0.1) is 0 Å². The van der Waals surface area contributed by atoms with E-state index in [1.165, 1.54) is 27.3 Å². The van der Waals surface area contributed by atoms with Crippen LogP contribution in [0.3, 0.4) is 0 Å². The molecule has 0 saturated carbocycles. The zero-order chi connectivity index (χ0) is 23.4. The number of carboxylic acid groups (broad SMARTS) is 1. The van der Waals surface area contributed by atoms with Crippen LogP contribution in [0.1, 0.15) is 31.8 Å². The van der Waals surface area contributed by atoms with Crippen LogP contribution in [0, 0.1) is 5.82 Å². The molecule has 1 aromatic heterocycles. The molecule has 0 unspecified atom stereocenters. The molecule has 7 nitrogen and oxygen atoms in total. The predicted octanol–water partition coefficient (Wildman–Crippen LogP) is 3.92. The number of hydrogen-bond donors (Lipinski definition) is 1. The summed E-state index contributed by atoms with van der Waals surface area (Å²) >= 11 is 6.21. The molecule has 1 N–H and O–H groups in total. The lowest BCUT2D eigenvalue weighted by Gasteiger charge is -2.07. The van der Waals surface area contributed by atoms with Crippen LogP contribution in [-0.2, 0) is 13.1 Å². The third-order valence-corrected chi connectivity index (χ3v) is 6.10. The summed E-state index contributed by atoms with van der Waals surface area (Å²) in [6.45, 7) is 0.270. The molecule has 33 heavy (non-hydrogen) atoms. The van der Waals surface area contributed by atoms with E-state index < -0.39 is 23.0 Å². The highest BCUT2D eigenvalue weighted by molar-refractivity contribution is 6.31. The van der Waals surface area contributed by atoms with E-state index in [9.17, 15) is 23.9 Å². The van der Waals surface area contributed by atoms with E-state index in [0.29, 0.717) is 33.9 Å². The minimum atomic E-state index is -1.38. The van der Waals surface area contributed by atoms with Gasteiger partial charge in [0, 0.05) is 29.7 Å². The van der Waals surface area contributed by atoms with Crippen LogP contribution in [0.2, 0.25) is 5.02 Å². The maximum Gasteiger partial charge on any atom is 0.338 e. The molecule has 9 heteroatoms. The number of aromatic nitrogens is 2. The number of amides is 1. The fourth-order valence-electron chi connectivity index (χ4n) is 4.26. The first kappa shape index (κ1) is 21.0. The highest BCUT2D eigenvalue weighted by Gasteiger charge is 2.26. The second-order valence-electron chi connectivity index (χ2n) is 7.92. The highest BCUT2D eigenvalue weighted by Crippen LogP contribution is 2.27. The Morgan fingerprint density at radius 2 is 1.88 bits per heavy atom. The van der Waals surface area contributed by atoms with Crippen LogP contribution in [0.15, 0.2) is 59.4 Å². The number of carbonyl (C=O) groups is 2. The number of nitrogens with zero attached hydrogens (tertiary/aromatic N) is 3. The molecule has 5 rings (SSSR count). The third kappa shape index (κ3) is 3.30. The van der Waals surface area contributed by atoms with E-state index in [0.717, 1.165) is 5.56 Å². The summed E-state index contributed by atoms with van der Waals surface area (Å²) in [6.07, 6.45) is 0. The van der Waals surface area contributed by atoms with Crippen LogP contribution >= 0.6 is 11.6 Å². The van der Waals surface area contributed by atoms with Crippen molar-refractivity contribution >= 4 is 34.5 Å². The Balaban J connectivity index is 1.70. The van der Waals surface area contributed by atoms with E-state index in [1.54, 1.807) is 48.3 Å². The van der Waals surface area contributed by atoms with Crippen LogP contribution < -0.4 is 5.69 Å². The summed E-state index contributed by atoms with van der Waals surface area (Å²) < 4.78 is 17.6. The van der Waals surface area contributed by atoms with Gasteiger partial charge >= 0.3 is 11.7 Å². The second-order valence-corrected chi connectivity index (χ2v) is 8.36. The summed E-state index contributed by atoms with van der Waals surface area (Å²) in [4.78, 5) is 38.7. The number of hydrogen-bond acceptors (Lipinski definition) is 3. The van der Waals surface area contributed by atoms with Gasteiger partial charge < -0.3 is 10.0 Å². The van der Waals surface area contributed by atoms with Gasteiger partial charge in [0.1, 0.15) is 5.82 Å². The topological polar surface area (TPSA) is 84.5 Å². The van der Waals surface area contributed by atoms with Gasteiger partial charge in [-0.25, -0.2) is 14.0 Å².